The quantitative estimate of drug-likeness (QED) is 0.534. The van der Waals surface area contributed by atoms with Gasteiger partial charge in [-0.05, 0) is 50.6 Å². The van der Waals surface area contributed by atoms with Crippen molar-refractivity contribution in [2.24, 2.45) is 0 Å². The zero-order chi connectivity index (χ0) is 21.7. The van der Waals surface area contributed by atoms with Crippen LogP contribution in [0.1, 0.15) is 41.0 Å². The number of carbonyl (C=O) groups excluding carboxylic acids is 1. The molecule has 0 atom stereocenters. The van der Waals surface area contributed by atoms with E-state index >= 15 is 0 Å². The van der Waals surface area contributed by atoms with Crippen molar-refractivity contribution in [3.63, 3.8) is 0 Å². The van der Waals surface area contributed by atoms with E-state index in [0.717, 1.165) is 12.2 Å². The second kappa shape index (κ2) is 9.53. The Morgan fingerprint density at radius 2 is 1.83 bits per heavy atom. The van der Waals surface area contributed by atoms with Crippen molar-refractivity contribution in [2.45, 2.75) is 39.9 Å². The van der Waals surface area contributed by atoms with Gasteiger partial charge in [-0.25, -0.2) is 0 Å². The average molecular weight is 407 g/mol. The summed E-state index contributed by atoms with van der Waals surface area (Å²) < 4.78 is 12.9. The summed E-state index contributed by atoms with van der Waals surface area (Å²) in [6.45, 7) is 7.45. The number of rotatable bonds is 8. The molecule has 0 radical (unpaired) electrons. The monoisotopic (exact) mass is 406 g/mol. The van der Waals surface area contributed by atoms with Crippen LogP contribution in [0.15, 0.2) is 60.8 Å². The molecule has 1 aromatic heterocycles. The summed E-state index contributed by atoms with van der Waals surface area (Å²) in [5.41, 5.74) is 4.10. The Morgan fingerprint density at radius 1 is 1.03 bits per heavy atom. The van der Waals surface area contributed by atoms with Crippen molar-refractivity contribution in [3.05, 3.63) is 83.2 Å². The van der Waals surface area contributed by atoms with Crippen LogP contribution in [-0.4, -0.2) is 35.6 Å². The lowest BCUT2D eigenvalue weighted by atomic mass is 10.1. The highest BCUT2D eigenvalue weighted by molar-refractivity contribution is 5.97. The molecule has 0 N–H and O–H groups in total. The number of hydrogen-bond acceptors (Lipinski definition) is 3. The van der Waals surface area contributed by atoms with Gasteiger partial charge in [0.05, 0.1) is 26.3 Å². The molecule has 5 nitrogen and oxygen atoms in total. The minimum Gasteiger partial charge on any atom is -0.497 e. The molecule has 158 valence electrons. The van der Waals surface area contributed by atoms with Crippen LogP contribution in [0.3, 0.4) is 0 Å². The van der Waals surface area contributed by atoms with Crippen LogP contribution in [0.5, 0.6) is 11.5 Å². The molecule has 0 spiro atoms. The predicted octanol–water partition coefficient (Wildman–Crippen LogP) is 4.91. The number of ether oxygens (including phenoxy) is 2. The van der Waals surface area contributed by atoms with Gasteiger partial charge in [-0.1, -0.05) is 29.8 Å². The van der Waals surface area contributed by atoms with Crippen molar-refractivity contribution in [2.75, 3.05) is 14.2 Å². The predicted molar refractivity (Wildman–Crippen MR) is 119 cm³/mol. The normalized spacial score (nSPS) is 10.9. The zero-order valence-corrected chi connectivity index (χ0v) is 18.4. The number of hydrogen-bond donors (Lipinski definition) is 0. The van der Waals surface area contributed by atoms with Crippen LogP contribution >= 0.6 is 0 Å². The maximum atomic E-state index is 13.4. The highest BCUT2D eigenvalue weighted by Crippen LogP contribution is 2.27. The van der Waals surface area contributed by atoms with E-state index in [2.05, 4.69) is 48.0 Å². The Balaban J connectivity index is 1.85. The Labute approximate surface area is 178 Å². The van der Waals surface area contributed by atoms with Gasteiger partial charge in [0.15, 0.2) is 0 Å². The summed E-state index contributed by atoms with van der Waals surface area (Å²) in [5.74, 6) is 1.11. The summed E-state index contributed by atoms with van der Waals surface area (Å²) >= 11 is 0. The van der Waals surface area contributed by atoms with Crippen LogP contribution in [0.25, 0.3) is 0 Å². The van der Waals surface area contributed by atoms with Crippen LogP contribution < -0.4 is 9.47 Å². The molecular weight excluding hydrogens is 376 g/mol. The molecule has 0 aliphatic rings. The molecular formula is C25H30N2O3. The largest absolute Gasteiger partial charge is 0.497 e. The van der Waals surface area contributed by atoms with E-state index in [-0.39, 0.29) is 11.9 Å². The molecule has 0 unspecified atom stereocenters. The van der Waals surface area contributed by atoms with Crippen molar-refractivity contribution in [1.29, 1.82) is 0 Å². The van der Waals surface area contributed by atoms with Crippen LogP contribution in [-0.2, 0) is 13.1 Å². The van der Waals surface area contributed by atoms with Crippen molar-refractivity contribution >= 4 is 5.91 Å². The second-order valence-corrected chi connectivity index (χ2v) is 7.71. The van der Waals surface area contributed by atoms with E-state index in [1.807, 2.05) is 24.8 Å². The molecule has 1 amide bonds. The number of aromatic nitrogens is 1. The van der Waals surface area contributed by atoms with Crippen molar-refractivity contribution in [1.82, 2.24) is 9.47 Å². The van der Waals surface area contributed by atoms with Gasteiger partial charge >= 0.3 is 0 Å². The second-order valence-electron chi connectivity index (χ2n) is 7.71. The molecule has 30 heavy (non-hydrogen) atoms. The lowest BCUT2D eigenvalue weighted by Gasteiger charge is -2.28. The van der Waals surface area contributed by atoms with E-state index in [4.69, 9.17) is 9.47 Å². The van der Waals surface area contributed by atoms with Gasteiger partial charge in [0.25, 0.3) is 5.91 Å². The number of nitrogens with zero attached hydrogens (tertiary/aromatic N) is 2. The molecule has 1 heterocycles. The van der Waals surface area contributed by atoms with Crippen LogP contribution in [0.4, 0.5) is 0 Å². The van der Waals surface area contributed by atoms with Gasteiger partial charge in [-0.15, -0.1) is 0 Å². The molecule has 3 rings (SSSR count). The Hall–Kier alpha value is -3.21. The highest BCUT2D eigenvalue weighted by Gasteiger charge is 2.23. The van der Waals surface area contributed by atoms with E-state index in [1.165, 1.54) is 11.1 Å². The molecule has 3 aromatic rings. The third kappa shape index (κ3) is 4.85. The molecule has 0 bridgehead atoms. The van der Waals surface area contributed by atoms with Crippen molar-refractivity contribution in [3.8, 4) is 11.5 Å². The van der Waals surface area contributed by atoms with Gasteiger partial charge in [-0.2, -0.15) is 0 Å². The number of carbonyl (C=O) groups is 1. The number of amides is 1. The van der Waals surface area contributed by atoms with Gasteiger partial charge in [0.2, 0.25) is 0 Å². The van der Waals surface area contributed by atoms with E-state index in [1.54, 1.807) is 32.4 Å². The van der Waals surface area contributed by atoms with Crippen LogP contribution in [0, 0.1) is 6.92 Å². The standard InChI is InChI=1S/C25H30N2O3/c1-18(2)27(25(28)23-12-11-22(29-4)15-24(23)30-5)17-21-10-7-13-26(21)16-20-9-6-8-19(3)14-20/h6-15,18H,16-17H2,1-5H3. The maximum absolute atomic E-state index is 13.4. The first kappa shape index (κ1) is 21.5. The molecule has 0 aliphatic heterocycles. The number of benzene rings is 2. The Morgan fingerprint density at radius 3 is 2.50 bits per heavy atom. The van der Waals surface area contributed by atoms with Gasteiger partial charge in [0.1, 0.15) is 11.5 Å². The summed E-state index contributed by atoms with van der Waals surface area (Å²) in [6.07, 6.45) is 2.06. The first-order valence-corrected chi connectivity index (χ1v) is 10.2. The third-order valence-corrected chi connectivity index (χ3v) is 5.21. The molecule has 0 saturated heterocycles. The summed E-state index contributed by atoms with van der Waals surface area (Å²) in [7, 11) is 3.16. The molecule has 0 aliphatic carbocycles. The fourth-order valence-electron chi connectivity index (χ4n) is 3.55. The summed E-state index contributed by atoms with van der Waals surface area (Å²) in [5, 5.41) is 0. The summed E-state index contributed by atoms with van der Waals surface area (Å²) in [6, 6.07) is 17.9. The zero-order valence-electron chi connectivity index (χ0n) is 18.4. The van der Waals surface area contributed by atoms with Crippen molar-refractivity contribution < 1.29 is 14.3 Å². The molecule has 0 fully saturated rings. The minimum absolute atomic E-state index is 0.0339. The lowest BCUT2D eigenvalue weighted by molar-refractivity contribution is 0.0682. The Kier molecular flexibility index (Phi) is 6.83. The van der Waals surface area contributed by atoms with E-state index < -0.39 is 0 Å². The number of aryl methyl sites for hydroxylation is 1. The van der Waals surface area contributed by atoms with Crippen LogP contribution in [0.2, 0.25) is 0 Å². The molecule has 5 heteroatoms. The third-order valence-electron chi connectivity index (χ3n) is 5.21. The first-order chi connectivity index (χ1) is 14.4. The van der Waals surface area contributed by atoms with E-state index in [0.29, 0.717) is 23.6 Å². The lowest BCUT2D eigenvalue weighted by Crippen LogP contribution is -2.37. The maximum Gasteiger partial charge on any atom is 0.258 e. The molecule has 2 aromatic carbocycles. The average Bonchev–Trinajstić information content (AvgIpc) is 3.17. The highest BCUT2D eigenvalue weighted by atomic mass is 16.5. The topological polar surface area (TPSA) is 43.7 Å². The summed E-state index contributed by atoms with van der Waals surface area (Å²) in [4.78, 5) is 15.3. The van der Waals surface area contributed by atoms with Gasteiger partial charge in [0, 0.05) is 30.5 Å². The fraction of sp³-hybridized carbons (Fsp3) is 0.320. The Bertz CT molecular complexity index is 1010. The fourth-order valence-corrected chi connectivity index (χ4v) is 3.55. The minimum atomic E-state index is -0.0622. The van der Waals surface area contributed by atoms with Gasteiger partial charge < -0.3 is 18.9 Å². The SMILES string of the molecule is COc1ccc(C(=O)N(Cc2cccn2Cc2cccc(C)c2)C(C)C)c(OC)c1. The molecule has 0 saturated carbocycles. The first-order valence-electron chi connectivity index (χ1n) is 10.2. The van der Waals surface area contributed by atoms with Gasteiger partial charge in [-0.3, -0.25) is 4.79 Å². The van der Waals surface area contributed by atoms with E-state index in [9.17, 15) is 4.79 Å². The smallest absolute Gasteiger partial charge is 0.258 e. The number of methoxy groups -OCH3 is 2.